The number of amides is 1. The molecule has 1 N–H and O–H groups in total. The molecular weight excluding hydrogens is 310 g/mol. The quantitative estimate of drug-likeness (QED) is 0.707. The second kappa shape index (κ2) is 7.15. The number of hydrogen-bond donors (Lipinski definition) is 1. The Balaban J connectivity index is 1.58. The zero-order valence-electron chi connectivity index (χ0n) is 12.7. The summed E-state index contributed by atoms with van der Waals surface area (Å²) < 4.78 is 3.64. The molecule has 0 atom stereocenters. The van der Waals surface area contributed by atoms with Crippen molar-refractivity contribution in [3.05, 3.63) is 60.7 Å². The Bertz CT molecular complexity index is 764. The van der Waals surface area contributed by atoms with Gasteiger partial charge in [-0.3, -0.25) is 9.47 Å². The first-order chi connectivity index (χ1) is 11.3. The third-order valence-corrected chi connectivity index (χ3v) is 4.25. The number of aryl methyl sites for hydroxylation is 1. The van der Waals surface area contributed by atoms with E-state index in [1.165, 1.54) is 17.3 Å². The van der Waals surface area contributed by atoms with E-state index in [4.69, 9.17) is 0 Å². The van der Waals surface area contributed by atoms with Crippen LogP contribution in [0.15, 0.2) is 60.3 Å². The highest BCUT2D eigenvalue weighted by molar-refractivity contribution is 7.99. The van der Waals surface area contributed by atoms with Gasteiger partial charge in [-0.1, -0.05) is 30.8 Å². The molecule has 2 heterocycles. The summed E-state index contributed by atoms with van der Waals surface area (Å²) in [5, 5.41) is 11.5. The summed E-state index contributed by atoms with van der Waals surface area (Å²) in [6.07, 6.45) is 6.38. The van der Waals surface area contributed by atoms with Gasteiger partial charge in [-0.05, 0) is 36.2 Å². The molecule has 0 aliphatic heterocycles. The van der Waals surface area contributed by atoms with Crippen LogP contribution in [0.1, 0.15) is 12.5 Å². The van der Waals surface area contributed by atoms with Gasteiger partial charge >= 0.3 is 0 Å². The Hall–Kier alpha value is -2.54. The summed E-state index contributed by atoms with van der Waals surface area (Å²) in [5.41, 5.74) is 2.05. The molecule has 118 valence electrons. The summed E-state index contributed by atoms with van der Waals surface area (Å²) in [5.74, 6) is 0.205. The van der Waals surface area contributed by atoms with E-state index < -0.39 is 0 Å². The Kier molecular flexibility index (Phi) is 4.77. The van der Waals surface area contributed by atoms with E-state index in [1.807, 2.05) is 53.5 Å². The van der Waals surface area contributed by atoms with Gasteiger partial charge in [0.05, 0.1) is 5.75 Å². The average molecular weight is 327 g/mol. The van der Waals surface area contributed by atoms with Crippen LogP contribution in [0, 0.1) is 0 Å². The van der Waals surface area contributed by atoms with E-state index in [0.717, 1.165) is 12.1 Å². The lowest BCUT2D eigenvalue weighted by Gasteiger charge is -2.08. The van der Waals surface area contributed by atoms with Gasteiger partial charge in [0.1, 0.15) is 6.33 Å². The van der Waals surface area contributed by atoms with Crippen molar-refractivity contribution < 1.29 is 4.79 Å². The van der Waals surface area contributed by atoms with Crippen LogP contribution in [0.2, 0.25) is 0 Å². The minimum absolute atomic E-state index is 0.0682. The molecule has 0 radical (unpaired) electrons. The van der Waals surface area contributed by atoms with Crippen molar-refractivity contribution >= 4 is 23.4 Å². The van der Waals surface area contributed by atoms with Crippen LogP contribution < -0.4 is 5.32 Å². The standard InChI is InChI=1S/C16H17N5OS/c1-2-13-5-7-14(8-6-13)18-15(22)11-23-16-19-17-12-21(16)20-9-3-4-10-20/h3-10,12H,2,11H2,1H3,(H,18,22). The molecule has 3 aromatic rings. The summed E-state index contributed by atoms with van der Waals surface area (Å²) in [7, 11) is 0. The van der Waals surface area contributed by atoms with Crippen LogP contribution in [-0.4, -0.2) is 31.2 Å². The zero-order valence-corrected chi connectivity index (χ0v) is 13.5. The largest absolute Gasteiger partial charge is 0.325 e. The molecule has 0 unspecified atom stereocenters. The molecule has 23 heavy (non-hydrogen) atoms. The van der Waals surface area contributed by atoms with E-state index in [9.17, 15) is 4.79 Å². The first kappa shape index (κ1) is 15.4. The zero-order chi connectivity index (χ0) is 16.1. The molecule has 1 amide bonds. The number of hydrogen-bond acceptors (Lipinski definition) is 4. The van der Waals surface area contributed by atoms with Crippen molar-refractivity contribution in [3.8, 4) is 0 Å². The lowest BCUT2D eigenvalue weighted by Crippen LogP contribution is -2.15. The monoisotopic (exact) mass is 327 g/mol. The topological polar surface area (TPSA) is 64.7 Å². The molecule has 0 aliphatic carbocycles. The molecule has 6 nitrogen and oxygen atoms in total. The van der Waals surface area contributed by atoms with Gasteiger partial charge in [0, 0.05) is 18.1 Å². The summed E-state index contributed by atoms with van der Waals surface area (Å²) in [4.78, 5) is 12.1. The van der Waals surface area contributed by atoms with Gasteiger partial charge < -0.3 is 5.32 Å². The van der Waals surface area contributed by atoms with Gasteiger partial charge in [-0.15, -0.1) is 10.2 Å². The Morgan fingerprint density at radius 3 is 2.65 bits per heavy atom. The molecule has 0 saturated heterocycles. The lowest BCUT2D eigenvalue weighted by atomic mass is 10.1. The molecule has 1 aromatic carbocycles. The lowest BCUT2D eigenvalue weighted by molar-refractivity contribution is -0.113. The Morgan fingerprint density at radius 2 is 1.96 bits per heavy atom. The van der Waals surface area contributed by atoms with E-state index >= 15 is 0 Å². The molecule has 0 saturated carbocycles. The average Bonchev–Trinajstić information content (AvgIpc) is 3.24. The highest BCUT2D eigenvalue weighted by Gasteiger charge is 2.09. The van der Waals surface area contributed by atoms with Crippen molar-refractivity contribution in [1.29, 1.82) is 0 Å². The third kappa shape index (κ3) is 3.81. The second-order valence-electron chi connectivity index (χ2n) is 4.91. The van der Waals surface area contributed by atoms with Gasteiger partial charge in [0.2, 0.25) is 11.1 Å². The van der Waals surface area contributed by atoms with Crippen LogP contribution in [0.3, 0.4) is 0 Å². The third-order valence-electron chi connectivity index (χ3n) is 3.32. The molecule has 7 heteroatoms. The predicted molar refractivity (Wildman–Crippen MR) is 90.4 cm³/mol. The minimum atomic E-state index is -0.0682. The number of anilines is 1. The van der Waals surface area contributed by atoms with Crippen molar-refractivity contribution in [1.82, 2.24) is 19.5 Å². The second-order valence-corrected chi connectivity index (χ2v) is 5.85. The first-order valence-corrected chi connectivity index (χ1v) is 8.30. The van der Waals surface area contributed by atoms with Crippen LogP contribution >= 0.6 is 11.8 Å². The number of nitrogens with one attached hydrogen (secondary N) is 1. The molecule has 2 aromatic heterocycles. The van der Waals surface area contributed by atoms with Gasteiger partial charge in [-0.2, -0.15) is 0 Å². The number of benzene rings is 1. The van der Waals surface area contributed by atoms with Crippen LogP contribution in [0.4, 0.5) is 5.69 Å². The van der Waals surface area contributed by atoms with Gasteiger partial charge in [-0.25, -0.2) is 4.68 Å². The normalized spacial score (nSPS) is 10.7. The number of nitrogens with zero attached hydrogens (tertiary/aromatic N) is 4. The summed E-state index contributed by atoms with van der Waals surface area (Å²) in [6, 6.07) is 11.7. The molecule has 0 bridgehead atoms. The van der Waals surface area contributed by atoms with Crippen molar-refractivity contribution in [3.63, 3.8) is 0 Å². The molecule has 0 spiro atoms. The maximum absolute atomic E-state index is 12.1. The highest BCUT2D eigenvalue weighted by Crippen LogP contribution is 2.16. The predicted octanol–water partition coefficient (Wildman–Crippen LogP) is 2.68. The molecular formula is C16H17N5OS. The van der Waals surface area contributed by atoms with Gasteiger partial charge in [0.15, 0.2) is 0 Å². The SMILES string of the molecule is CCc1ccc(NC(=O)CSc2nncn2-n2cccc2)cc1. The van der Waals surface area contributed by atoms with Crippen LogP contribution in [-0.2, 0) is 11.2 Å². The smallest absolute Gasteiger partial charge is 0.234 e. The van der Waals surface area contributed by atoms with E-state index in [2.05, 4.69) is 22.4 Å². The summed E-state index contributed by atoms with van der Waals surface area (Å²) >= 11 is 1.34. The fourth-order valence-corrected chi connectivity index (χ4v) is 2.80. The Labute approximate surface area is 138 Å². The van der Waals surface area contributed by atoms with E-state index in [0.29, 0.717) is 5.16 Å². The molecule has 0 fully saturated rings. The number of carbonyl (C=O) groups is 1. The number of aromatic nitrogens is 4. The van der Waals surface area contributed by atoms with E-state index in [1.54, 1.807) is 11.0 Å². The van der Waals surface area contributed by atoms with Crippen molar-refractivity contribution in [2.45, 2.75) is 18.5 Å². The number of rotatable bonds is 6. The molecule has 3 rings (SSSR count). The summed E-state index contributed by atoms with van der Waals surface area (Å²) in [6.45, 7) is 2.10. The van der Waals surface area contributed by atoms with E-state index in [-0.39, 0.29) is 11.7 Å². The first-order valence-electron chi connectivity index (χ1n) is 7.31. The number of carbonyl (C=O) groups excluding carboxylic acids is 1. The fourth-order valence-electron chi connectivity index (χ4n) is 2.09. The van der Waals surface area contributed by atoms with Gasteiger partial charge in [0.25, 0.3) is 0 Å². The molecule has 0 aliphatic rings. The maximum Gasteiger partial charge on any atom is 0.234 e. The van der Waals surface area contributed by atoms with Crippen LogP contribution in [0.5, 0.6) is 0 Å². The highest BCUT2D eigenvalue weighted by atomic mass is 32.2. The van der Waals surface area contributed by atoms with Crippen molar-refractivity contribution in [2.75, 3.05) is 11.1 Å². The minimum Gasteiger partial charge on any atom is -0.325 e. The number of thioether (sulfide) groups is 1. The Morgan fingerprint density at radius 1 is 1.22 bits per heavy atom. The van der Waals surface area contributed by atoms with Crippen LogP contribution in [0.25, 0.3) is 0 Å². The maximum atomic E-state index is 12.1. The fraction of sp³-hybridized carbons (Fsp3) is 0.188. The van der Waals surface area contributed by atoms with Crippen molar-refractivity contribution in [2.24, 2.45) is 0 Å².